The van der Waals surface area contributed by atoms with Crippen LogP contribution in [0.15, 0.2) is 96.4 Å². The highest BCUT2D eigenvalue weighted by atomic mass is 32.2. The van der Waals surface area contributed by atoms with E-state index in [1.807, 2.05) is 108 Å². The minimum Gasteiger partial charge on any atom is -0.356 e. The van der Waals surface area contributed by atoms with Crippen LogP contribution in [0.3, 0.4) is 0 Å². The third-order valence-electron chi connectivity index (χ3n) is 4.87. The summed E-state index contributed by atoms with van der Waals surface area (Å²) in [6.07, 6.45) is 1.67. The molecule has 0 atom stereocenters. The molecule has 0 radical (unpaired) electrons. The van der Waals surface area contributed by atoms with Crippen molar-refractivity contribution >= 4 is 34.7 Å². The second kappa shape index (κ2) is 10.2. The number of aromatic nitrogens is 3. The van der Waals surface area contributed by atoms with E-state index < -0.39 is 0 Å². The smallest absolute Gasteiger partial charge is 0.237 e. The summed E-state index contributed by atoms with van der Waals surface area (Å²) in [5.74, 6) is 0.296. The molecule has 6 nitrogen and oxygen atoms in total. The maximum atomic E-state index is 13.1. The number of nitrogens with one attached hydrogen (secondary N) is 1. The van der Waals surface area contributed by atoms with Crippen LogP contribution >= 0.6 is 11.8 Å². The molecule has 0 saturated carbocycles. The number of rotatable bonds is 8. The first-order chi connectivity index (χ1) is 15.6. The normalized spacial score (nSPS) is 10.8. The van der Waals surface area contributed by atoms with Gasteiger partial charge in [0.2, 0.25) is 5.91 Å². The Bertz CT molecular complexity index is 1140. The van der Waals surface area contributed by atoms with E-state index in [0.717, 1.165) is 22.7 Å². The summed E-state index contributed by atoms with van der Waals surface area (Å²) in [6, 6.07) is 27.8. The lowest BCUT2D eigenvalue weighted by Gasteiger charge is -2.27. The van der Waals surface area contributed by atoms with E-state index in [4.69, 9.17) is 0 Å². The fraction of sp³-hybridized carbons (Fsp3) is 0.160. The van der Waals surface area contributed by atoms with Crippen LogP contribution in [-0.2, 0) is 4.79 Å². The van der Waals surface area contributed by atoms with Crippen LogP contribution < -0.4 is 10.2 Å². The van der Waals surface area contributed by atoms with Crippen molar-refractivity contribution in [2.24, 2.45) is 0 Å². The standard InChI is InChI=1S/C25H25N5OS/c1-19(2)30(23-15-13-21(14-16-23)27-20-9-5-3-6-10-20)24(31)17-32-25-28-26-18-29(25)22-11-7-4-8-12-22/h3-16,18-19,27H,17H2,1-2H3. The molecule has 0 spiro atoms. The highest BCUT2D eigenvalue weighted by Gasteiger charge is 2.20. The van der Waals surface area contributed by atoms with Crippen molar-refractivity contribution < 1.29 is 4.79 Å². The maximum absolute atomic E-state index is 13.1. The number of nitrogens with zero attached hydrogens (tertiary/aromatic N) is 4. The van der Waals surface area contributed by atoms with E-state index in [1.165, 1.54) is 11.8 Å². The van der Waals surface area contributed by atoms with E-state index in [9.17, 15) is 4.79 Å². The number of para-hydroxylation sites is 2. The average molecular weight is 444 g/mol. The molecule has 162 valence electrons. The first-order valence-corrected chi connectivity index (χ1v) is 11.4. The Hall–Kier alpha value is -3.58. The van der Waals surface area contributed by atoms with E-state index >= 15 is 0 Å². The van der Waals surface area contributed by atoms with Gasteiger partial charge in [0.05, 0.1) is 5.75 Å². The van der Waals surface area contributed by atoms with Gasteiger partial charge in [0, 0.05) is 28.8 Å². The van der Waals surface area contributed by atoms with Gasteiger partial charge in [-0.2, -0.15) is 0 Å². The van der Waals surface area contributed by atoms with Gasteiger partial charge in [-0.05, 0) is 62.4 Å². The van der Waals surface area contributed by atoms with Gasteiger partial charge in [0.15, 0.2) is 5.16 Å². The molecule has 1 amide bonds. The molecule has 0 saturated heterocycles. The molecule has 4 aromatic rings. The molecule has 1 N–H and O–H groups in total. The summed E-state index contributed by atoms with van der Waals surface area (Å²) < 4.78 is 1.89. The van der Waals surface area contributed by atoms with Crippen molar-refractivity contribution in [3.8, 4) is 5.69 Å². The van der Waals surface area contributed by atoms with Gasteiger partial charge in [0.1, 0.15) is 6.33 Å². The first kappa shape index (κ1) is 21.6. The monoisotopic (exact) mass is 443 g/mol. The Morgan fingerprint density at radius 3 is 2.22 bits per heavy atom. The van der Waals surface area contributed by atoms with Crippen molar-refractivity contribution in [2.45, 2.75) is 25.0 Å². The van der Waals surface area contributed by atoms with Crippen molar-refractivity contribution in [1.82, 2.24) is 14.8 Å². The van der Waals surface area contributed by atoms with Crippen molar-refractivity contribution in [1.29, 1.82) is 0 Å². The molecule has 7 heteroatoms. The Kier molecular flexibility index (Phi) is 6.87. The van der Waals surface area contributed by atoms with Crippen LogP contribution in [0.2, 0.25) is 0 Å². The number of anilines is 3. The molecule has 4 rings (SSSR count). The molecule has 0 unspecified atom stereocenters. The molecule has 1 heterocycles. The summed E-state index contributed by atoms with van der Waals surface area (Å²) >= 11 is 1.39. The SMILES string of the molecule is CC(C)N(C(=O)CSc1nncn1-c1ccccc1)c1ccc(Nc2ccccc2)cc1. The van der Waals surface area contributed by atoms with Gasteiger partial charge in [-0.15, -0.1) is 10.2 Å². The maximum Gasteiger partial charge on any atom is 0.237 e. The Balaban J connectivity index is 1.44. The topological polar surface area (TPSA) is 63.1 Å². The zero-order valence-electron chi connectivity index (χ0n) is 18.1. The number of benzene rings is 3. The van der Waals surface area contributed by atoms with Crippen LogP contribution in [0.4, 0.5) is 17.1 Å². The number of hydrogen-bond acceptors (Lipinski definition) is 5. The summed E-state index contributed by atoms with van der Waals surface area (Å²) in [5.41, 5.74) is 3.83. The fourth-order valence-electron chi connectivity index (χ4n) is 3.41. The number of hydrogen-bond donors (Lipinski definition) is 1. The number of carbonyl (C=O) groups excluding carboxylic acids is 1. The number of amides is 1. The van der Waals surface area contributed by atoms with Crippen LogP contribution in [0.25, 0.3) is 5.69 Å². The molecule has 1 aromatic heterocycles. The van der Waals surface area contributed by atoms with E-state index in [0.29, 0.717) is 5.16 Å². The highest BCUT2D eigenvalue weighted by Crippen LogP contribution is 2.25. The number of thioether (sulfide) groups is 1. The minimum atomic E-state index is 0.0244. The van der Waals surface area contributed by atoms with Gasteiger partial charge in [-0.3, -0.25) is 9.36 Å². The molecule has 32 heavy (non-hydrogen) atoms. The molecule has 0 aliphatic heterocycles. The molecular weight excluding hydrogens is 418 g/mol. The van der Waals surface area contributed by atoms with Crippen LogP contribution in [0.5, 0.6) is 0 Å². The lowest BCUT2D eigenvalue weighted by molar-refractivity contribution is -0.116. The molecule has 0 aliphatic rings. The van der Waals surface area contributed by atoms with E-state index in [-0.39, 0.29) is 17.7 Å². The second-order valence-corrected chi connectivity index (χ2v) is 8.45. The quantitative estimate of drug-likeness (QED) is 0.362. The molecule has 0 bridgehead atoms. The second-order valence-electron chi connectivity index (χ2n) is 7.50. The summed E-state index contributed by atoms with van der Waals surface area (Å²) in [6.45, 7) is 4.04. The van der Waals surface area contributed by atoms with Crippen molar-refractivity contribution in [3.63, 3.8) is 0 Å². The molecule has 0 fully saturated rings. The zero-order chi connectivity index (χ0) is 22.3. The molecule has 3 aromatic carbocycles. The van der Waals surface area contributed by atoms with E-state index in [2.05, 4.69) is 15.5 Å². The van der Waals surface area contributed by atoms with Gasteiger partial charge in [-0.25, -0.2) is 0 Å². The lowest BCUT2D eigenvalue weighted by atomic mass is 10.2. The fourth-order valence-corrected chi connectivity index (χ4v) is 4.20. The van der Waals surface area contributed by atoms with Crippen LogP contribution in [-0.4, -0.2) is 32.5 Å². The highest BCUT2D eigenvalue weighted by molar-refractivity contribution is 7.99. The molecule has 0 aliphatic carbocycles. The summed E-state index contributed by atoms with van der Waals surface area (Å²) in [4.78, 5) is 15.0. The predicted octanol–water partition coefficient (Wildman–Crippen LogP) is 5.54. The van der Waals surface area contributed by atoms with E-state index in [1.54, 1.807) is 6.33 Å². The average Bonchev–Trinajstić information content (AvgIpc) is 3.29. The van der Waals surface area contributed by atoms with Crippen molar-refractivity contribution in [3.05, 3.63) is 91.3 Å². The largest absolute Gasteiger partial charge is 0.356 e. The molecular formula is C25H25N5OS. The minimum absolute atomic E-state index is 0.0244. The van der Waals surface area contributed by atoms with Gasteiger partial charge in [-0.1, -0.05) is 48.2 Å². The van der Waals surface area contributed by atoms with Gasteiger partial charge >= 0.3 is 0 Å². The third kappa shape index (κ3) is 5.18. The van der Waals surface area contributed by atoms with Gasteiger partial charge < -0.3 is 10.2 Å². The summed E-state index contributed by atoms with van der Waals surface area (Å²) in [7, 11) is 0. The van der Waals surface area contributed by atoms with Crippen molar-refractivity contribution in [2.75, 3.05) is 16.0 Å². The zero-order valence-corrected chi connectivity index (χ0v) is 18.9. The van der Waals surface area contributed by atoms with Gasteiger partial charge in [0.25, 0.3) is 0 Å². The number of carbonyl (C=O) groups is 1. The first-order valence-electron chi connectivity index (χ1n) is 10.4. The third-order valence-corrected chi connectivity index (χ3v) is 5.80. The van der Waals surface area contributed by atoms with Crippen LogP contribution in [0.1, 0.15) is 13.8 Å². The predicted molar refractivity (Wildman–Crippen MR) is 131 cm³/mol. The van der Waals surface area contributed by atoms with Crippen LogP contribution in [0, 0.1) is 0 Å². The summed E-state index contributed by atoms with van der Waals surface area (Å²) in [5, 5.41) is 12.3. The Morgan fingerprint density at radius 2 is 1.56 bits per heavy atom. The Morgan fingerprint density at radius 1 is 0.938 bits per heavy atom. The lowest BCUT2D eigenvalue weighted by Crippen LogP contribution is -2.38. The Labute approximate surface area is 192 Å².